The van der Waals surface area contributed by atoms with E-state index >= 15 is 0 Å². The van der Waals surface area contributed by atoms with Gasteiger partial charge in [0.2, 0.25) is 11.6 Å². The van der Waals surface area contributed by atoms with Crippen LogP contribution in [-0.2, 0) is 4.74 Å². The number of carbonyl (C=O) groups is 1. The lowest BCUT2D eigenvalue weighted by atomic mass is 10.2. The molecular weight excluding hydrogens is 397 g/mol. The second-order valence-corrected chi connectivity index (χ2v) is 6.47. The number of hydrazine groups is 1. The number of morpholine rings is 1. The van der Waals surface area contributed by atoms with Gasteiger partial charge in [0.15, 0.2) is 0 Å². The van der Waals surface area contributed by atoms with Crippen LogP contribution in [0.15, 0.2) is 30.6 Å². The number of nitrogens with one attached hydrogen (secondary N) is 3. The summed E-state index contributed by atoms with van der Waals surface area (Å²) in [6.45, 7) is 4.44. The summed E-state index contributed by atoms with van der Waals surface area (Å²) in [5, 5.41) is 14.5. The fourth-order valence-corrected chi connectivity index (χ4v) is 2.94. The van der Waals surface area contributed by atoms with Crippen molar-refractivity contribution in [2.24, 2.45) is 0 Å². The zero-order valence-electron chi connectivity index (χ0n) is 16.1. The molecule has 0 saturated carbocycles. The van der Waals surface area contributed by atoms with Gasteiger partial charge in [0, 0.05) is 19.6 Å². The highest BCUT2D eigenvalue weighted by atomic mass is 19.1. The fraction of sp³-hybridized carbons (Fsp3) is 0.389. The van der Waals surface area contributed by atoms with Gasteiger partial charge in [0.25, 0.3) is 5.91 Å². The van der Waals surface area contributed by atoms with Crippen LogP contribution >= 0.6 is 0 Å². The molecule has 0 aliphatic carbocycles. The van der Waals surface area contributed by atoms with E-state index in [9.17, 15) is 19.3 Å². The van der Waals surface area contributed by atoms with E-state index in [0.29, 0.717) is 19.8 Å². The van der Waals surface area contributed by atoms with Crippen LogP contribution in [0.3, 0.4) is 0 Å². The lowest BCUT2D eigenvalue weighted by Crippen LogP contribution is -2.37. The number of carbonyl (C=O) groups excluding carboxylic acids is 1. The molecule has 1 aliphatic rings. The zero-order valence-corrected chi connectivity index (χ0v) is 16.1. The van der Waals surface area contributed by atoms with Gasteiger partial charge >= 0.3 is 5.69 Å². The van der Waals surface area contributed by atoms with Crippen LogP contribution in [0.25, 0.3) is 0 Å². The molecule has 2 heterocycles. The molecule has 3 rings (SSSR count). The lowest BCUT2D eigenvalue weighted by Gasteiger charge is -2.26. The lowest BCUT2D eigenvalue weighted by molar-refractivity contribution is -0.383. The molecule has 11 nitrogen and oxygen atoms in total. The summed E-state index contributed by atoms with van der Waals surface area (Å²) in [6, 6.07) is 5.39. The molecular formula is C18H22FN7O4. The Morgan fingerprint density at radius 1 is 1.23 bits per heavy atom. The minimum absolute atomic E-state index is 0.0274. The van der Waals surface area contributed by atoms with Gasteiger partial charge in [-0.2, -0.15) is 0 Å². The number of halogens is 1. The molecule has 3 N–H and O–H groups in total. The zero-order chi connectivity index (χ0) is 21.3. The third-order valence-electron chi connectivity index (χ3n) is 4.47. The van der Waals surface area contributed by atoms with E-state index < -0.39 is 22.3 Å². The Bertz CT molecular complexity index is 893. The van der Waals surface area contributed by atoms with Crippen LogP contribution in [0.5, 0.6) is 0 Å². The highest BCUT2D eigenvalue weighted by Gasteiger charge is 2.23. The van der Waals surface area contributed by atoms with Gasteiger partial charge in [0.1, 0.15) is 12.1 Å². The van der Waals surface area contributed by atoms with E-state index in [1.807, 2.05) is 0 Å². The number of aromatic nitrogens is 2. The topological polar surface area (TPSA) is 135 Å². The Hall–Kier alpha value is -3.38. The van der Waals surface area contributed by atoms with Gasteiger partial charge in [-0.15, -0.1) is 0 Å². The van der Waals surface area contributed by atoms with Crippen LogP contribution in [0.1, 0.15) is 16.8 Å². The van der Waals surface area contributed by atoms with Crippen molar-refractivity contribution in [1.82, 2.24) is 20.3 Å². The molecule has 0 unspecified atom stereocenters. The largest absolute Gasteiger partial charge is 0.379 e. The van der Waals surface area contributed by atoms with Crippen LogP contribution in [0.2, 0.25) is 0 Å². The quantitative estimate of drug-likeness (QED) is 0.313. The average molecular weight is 419 g/mol. The first-order valence-electron chi connectivity index (χ1n) is 9.40. The molecule has 30 heavy (non-hydrogen) atoms. The number of nitro groups is 1. The first-order valence-corrected chi connectivity index (χ1v) is 9.40. The van der Waals surface area contributed by atoms with Gasteiger partial charge in [-0.25, -0.2) is 14.4 Å². The van der Waals surface area contributed by atoms with Crippen LogP contribution in [0.4, 0.5) is 21.7 Å². The number of rotatable bonds is 9. The molecule has 1 saturated heterocycles. The van der Waals surface area contributed by atoms with Crippen molar-refractivity contribution < 1.29 is 18.8 Å². The molecule has 12 heteroatoms. The number of anilines is 2. The standard InChI is InChI=1S/C18H22FN7O4/c19-14-5-2-1-4-13(14)18(27)24-23-17-15(26(28)29)16(21-12-22-17)20-6-3-7-25-8-10-30-11-9-25/h1-2,4-5,12H,3,6-11H2,(H,24,27)(H2,20,21,22,23). The maximum Gasteiger partial charge on any atom is 0.354 e. The molecule has 1 aromatic carbocycles. The van der Waals surface area contributed by atoms with Crippen LogP contribution in [0, 0.1) is 15.9 Å². The molecule has 0 spiro atoms. The average Bonchev–Trinajstić information content (AvgIpc) is 2.76. The minimum atomic E-state index is -0.791. The molecule has 160 valence electrons. The first kappa shape index (κ1) is 21.3. The predicted octanol–water partition coefficient (Wildman–Crippen LogP) is 1.42. The maximum absolute atomic E-state index is 13.7. The molecule has 0 radical (unpaired) electrons. The summed E-state index contributed by atoms with van der Waals surface area (Å²) in [4.78, 5) is 33.0. The van der Waals surface area contributed by atoms with E-state index in [4.69, 9.17) is 4.74 Å². The van der Waals surface area contributed by atoms with Gasteiger partial charge in [-0.3, -0.25) is 30.7 Å². The Morgan fingerprint density at radius 3 is 2.70 bits per heavy atom. The van der Waals surface area contributed by atoms with Gasteiger partial charge in [-0.1, -0.05) is 12.1 Å². The third kappa shape index (κ3) is 5.58. The number of ether oxygens (including phenoxy) is 1. The van der Waals surface area contributed by atoms with Gasteiger partial charge in [0.05, 0.1) is 23.7 Å². The summed E-state index contributed by atoms with van der Waals surface area (Å²) in [7, 11) is 0. The summed E-state index contributed by atoms with van der Waals surface area (Å²) >= 11 is 0. The highest BCUT2D eigenvalue weighted by Crippen LogP contribution is 2.28. The normalized spacial score (nSPS) is 14.2. The molecule has 2 aromatic rings. The minimum Gasteiger partial charge on any atom is -0.379 e. The summed E-state index contributed by atoms with van der Waals surface area (Å²) in [5.74, 6) is -1.69. The van der Waals surface area contributed by atoms with Crippen molar-refractivity contribution in [2.75, 3.05) is 50.1 Å². The first-order chi connectivity index (χ1) is 14.6. The fourth-order valence-electron chi connectivity index (χ4n) is 2.94. The van der Waals surface area contributed by atoms with E-state index in [1.165, 1.54) is 18.2 Å². The van der Waals surface area contributed by atoms with Gasteiger partial charge in [-0.05, 0) is 25.1 Å². The molecule has 1 aromatic heterocycles. The number of benzene rings is 1. The SMILES string of the molecule is O=C(NNc1ncnc(NCCCN2CCOCC2)c1[N+](=O)[O-])c1ccccc1F. The summed E-state index contributed by atoms with van der Waals surface area (Å²) in [5.41, 5.74) is 3.98. The van der Waals surface area contributed by atoms with Gasteiger partial charge < -0.3 is 10.1 Å². The molecule has 0 bridgehead atoms. The van der Waals surface area contributed by atoms with Crippen LogP contribution in [-0.4, -0.2) is 65.1 Å². The van der Waals surface area contributed by atoms with Crippen molar-refractivity contribution in [3.05, 3.63) is 52.1 Å². The van der Waals surface area contributed by atoms with Crippen molar-refractivity contribution in [2.45, 2.75) is 6.42 Å². The molecule has 1 amide bonds. The smallest absolute Gasteiger partial charge is 0.354 e. The van der Waals surface area contributed by atoms with Crippen molar-refractivity contribution in [1.29, 1.82) is 0 Å². The maximum atomic E-state index is 13.7. The number of nitrogens with zero attached hydrogens (tertiary/aromatic N) is 4. The van der Waals surface area contributed by atoms with Crippen molar-refractivity contribution in [3.63, 3.8) is 0 Å². The second kappa shape index (κ2) is 10.4. The van der Waals surface area contributed by atoms with E-state index in [-0.39, 0.29) is 17.2 Å². The highest BCUT2D eigenvalue weighted by molar-refractivity contribution is 5.95. The number of hydrogen-bond acceptors (Lipinski definition) is 9. The van der Waals surface area contributed by atoms with Crippen molar-refractivity contribution >= 4 is 23.2 Å². The van der Waals surface area contributed by atoms with E-state index in [2.05, 4.69) is 31.0 Å². The molecule has 1 fully saturated rings. The number of hydrogen-bond donors (Lipinski definition) is 3. The Kier molecular flexibility index (Phi) is 7.40. The molecule has 0 atom stereocenters. The summed E-state index contributed by atoms with van der Waals surface area (Å²) < 4.78 is 19.0. The predicted molar refractivity (Wildman–Crippen MR) is 107 cm³/mol. The Morgan fingerprint density at radius 2 is 1.97 bits per heavy atom. The Balaban J connectivity index is 1.60. The van der Waals surface area contributed by atoms with E-state index in [0.717, 1.165) is 38.4 Å². The monoisotopic (exact) mass is 419 g/mol. The Labute approximate surface area is 171 Å². The van der Waals surface area contributed by atoms with E-state index in [1.54, 1.807) is 0 Å². The third-order valence-corrected chi connectivity index (χ3v) is 4.47. The second-order valence-electron chi connectivity index (χ2n) is 6.47. The molecule has 1 aliphatic heterocycles. The van der Waals surface area contributed by atoms with Crippen LogP contribution < -0.4 is 16.2 Å². The number of amides is 1. The van der Waals surface area contributed by atoms with Crippen molar-refractivity contribution in [3.8, 4) is 0 Å². The summed E-state index contributed by atoms with van der Waals surface area (Å²) in [6.07, 6.45) is 1.89.